The lowest BCUT2D eigenvalue weighted by atomic mass is 10.1. The van der Waals surface area contributed by atoms with E-state index in [0.29, 0.717) is 6.42 Å². The van der Waals surface area contributed by atoms with E-state index in [9.17, 15) is 4.91 Å². The van der Waals surface area contributed by atoms with E-state index >= 15 is 0 Å². The smallest absolute Gasteiger partial charge is 0.183 e. The number of rotatable bonds is 2. The number of nitrogens with zero attached hydrogens (tertiary/aromatic N) is 1. The number of nitroso groups, excluding NO2 is 1. The zero-order valence-electron chi connectivity index (χ0n) is 6.27. The van der Waals surface area contributed by atoms with Crippen molar-refractivity contribution in [3.8, 4) is 0 Å². The van der Waals surface area contributed by atoms with Crippen molar-refractivity contribution in [2.24, 2.45) is 5.18 Å². The highest BCUT2D eigenvalue weighted by Gasteiger charge is 2.31. The number of hydrogen-bond acceptors (Lipinski definition) is 5. The van der Waals surface area contributed by atoms with Gasteiger partial charge in [0.15, 0.2) is 6.29 Å². The Balaban J connectivity index is 2.47. The molecule has 1 aliphatic heterocycles. The van der Waals surface area contributed by atoms with Crippen LogP contribution in [-0.4, -0.2) is 37.3 Å². The Morgan fingerprint density at radius 3 is 3.00 bits per heavy atom. The van der Waals surface area contributed by atoms with Crippen LogP contribution in [0.3, 0.4) is 0 Å². The maximum absolute atomic E-state index is 10.2. The summed E-state index contributed by atoms with van der Waals surface area (Å²) in [4.78, 5) is 10.2. The molecule has 64 valence electrons. The second-order valence-electron chi connectivity index (χ2n) is 2.50. The molecule has 5 heteroatoms. The molecule has 0 aliphatic carbocycles. The predicted molar refractivity (Wildman–Crippen MR) is 37.0 cm³/mol. The number of methoxy groups -OCH3 is 1. The molecule has 0 bridgehead atoms. The summed E-state index contributed by atoms with van der Waals surface area (Å²) in [6, 6.07) is -0.580. The maximum Gasteiger partial charge on any atom is 0.183 e. The first kappa shape index (κ1) is 8.58. The van der Waals surface area contributed by atoms with Crippen molar-refractivity contribution in [1.29, 1.82) is 0 Å². The second kappa shape index (κ2) is 3.75. The second-order valence-corrected chi connectivity index (χ2v) is 2.50. The van der Waals surface area contributed by atoms with Gasteiger partial charge in [-0.1, -0.05) is 5.18 Å². The molecule has 0 radical (unpaired) electrons. The van der Waals surface area contributed by atoms with Gasteiger partial charge in [0, 0.05) is 13.5 Å². The van der Waals surface area contributed by atoms with Crippen LogP contribution in [-0.2, 0) is 9.47 Å². The Bertz CT molecular complexity index is 141. The molecule has 1 fully saturated rings. The van der Waals surface area contributed by atoms with Gasteiger partial charge in [0.2, 0.25) is 0 Å². The molecule has 0 spiro atoms. The third-order valence-corrected chi connectivity index (χ3v) is 1.65. The summed E-state index contributed by atoms with van der Waals surface area (Å²) in [5.74, 6) is 0. The van der Waals surface area contributed by atoms with E-state index in [4.69, 9.17) is 14.6 Å². The van der Waals surface area contributed by atoms with E-state index in [-0.39, 0.29) is 6.61 Å². The number of aliphatic hydroxyl groups excluding tert-OH is 1. The minimum Gasteiger partial charge on any atom is -0.391 e. The minimum absolute atomic E-state index is 0.213. The summed E-state index contributed by atoms with van der Waals surface area (Å²) in [5.41, 5.74) is 0. The fraction of sp³-hybridized carbons (Fsp3) is 1.00. The Morgan fingerprint density at radius 2 is 2.45 bits per heavy atom. The third kappa shape index (κ3) is 1.95. The van der Waals surface area contributed by atoms with Gasteiger partial charge in [-0.25, -0.2) is 0 Å². The fourth-order valence-electron chi connectivity index (χ4n) is 1.09. The van der Waals surface area contributed by atoms with Crippen LogP contribution in [0.1, 0.15) is 6.42 Å². The molecule has 0 aromatic carbocycles. The molecule has 3 atom stereocenters. The summed E-state index contributed by atoms with van der Waals surface area (Å²) in [7, 11) is 1.44. The van der Waals surface area contributed by atoms with Crippen molar-refractivity contribution in [2.75, 3.05) is 13.7 Å². The fourth-order valence-corrected chi connectivity index (χ4v) is 1.09. The molecule has 0 saturated carbocycles. The molecule has 3 unspecified atom stereocenters. The number of aliphatic hydroxyl groups is 1. The van der Waals surface area contributed by atoms with Gasteiger partial charge in [-0.15, -0.1) is 0 Å². The van der Waals surface area contributed by atoms with Crippen molar-refractivity contribution in [3.63, 3.8) is 0 Å². The number of hydrogen-bond donors (Lipinski definition) is 1. The first-order valence-electron chi connectivity index (χ1n) is 3.43. The van der Waals surface area contributed by atoms with E-state index in [1.54, 1.807) is 0 Å². The molecule has 0 aromatic heterocycles. The highest BCUT2D eigenvalue weighted by Crippen LogP contribution is 2.17. The predicted octanol–water partition coefficient (Wildman–Crippen LogP) is -0.125. The van der Waals surface area contributed by atoms with E-state index in [2.05, 4.69) is 5.18 Å². The van der Waals surface area contributed by atoms with E-state index in [1.165, 1.54) is 7.11 Å². The molecule has 1 saturated heterocycles. The van der Waals surface area contributed by atoms with Crippen LogP contribution < -0.4 is 0 Å². The van der Waals surface area contributed by atoms with Crippen LogP contribution in [0.4, 0.5) is 0 Å². The molecular weight excluding hydrogens is 150 g/mol. The lowest BCUT2D eigenvalue weighted by molar-refractivity contribution is -0.182. The van der Waals surface area contributed by atoms with Gasteiger partial charge in [0.05, 0.1) is 12.7 Å². The van der Waals surface area contributed by atoms with Gasteiger partial charge in [0.25, 0.3) is 0 Å². The minimum atomic E-state index is -0.593. The summed E-state index contributed by atoms with van der Waals surface area (Å²) in [5, 5.41) is 11.8. The van der Waals surface area contributed by atoms with Crippen LogP contribution >= 0.6 is 0 Å². The van der Waals surface area contributed by atoms with Crippen LogP contribution in [0.5, 0.6) is 0 Å². The molecule has 0 aromatic rings. The summed E-state index contributed by atoms with van der Waals surface area (Å²) in [6.07, 6.45) is -0.859. The first-order chi connectivity index (χ1) is 5.27. The Morgan fingerprint density at radius 1 is 1.73 bits per heavy atom. The van der Waals surface area contributed by atoms with Gasteiger partial charge < -0.3 is 14.6 Å². The zero-order valence-corrected chi connectivity index (χ0v) is 6.27. The summed E-state index contributed by atoms with van der Waals surface area (Å²) >= 11 is 0. The van der Waals surface area contributed by atoms with Crippen molar-refractivity contribution in [1.82, 2.24) is 0 Å². The normalized spacial score (nSPS) is 38.5. The zero-order chi connectivity index (χ0) is 8.27. The van der Waals surface area contributed by atoms with Crippen LogP contribution in [0.25, 0.3) is 0 Å². The lowest BCUT2D eigenvalue weighted by Crippen LogP contribution is -2.40. The van der Waals surface area contributed by atoms with Gasteiger partial charge in [-0.05, 0) is 0 Å². The third-order valence-electron chi connectivity index (χ3n) is 1.65. The van der Waals surface area contributed by atoms with Crippen molar-refractivity contribution >= 4 is 0 Å². The van der Waals surface area contributed by atoms with Crippen LogP contribution in [0.2, 0.25) is 0 Å². The van der Waals surface area contributed by atoms with Crippen molar-refractivity contribution < 1.29 is 14.6 Å². The van der Waals surface area contributed by atoms with Gasteiger partial charge in [-0.3, -0.25) is 0 Å². The quantitative estimate of drug-likeness (QED) is 0.573. The monoisotopic (exact) mass is 161 g/mol. The molecule has 5 nitrogen and oxygen atoms in total. The molecule has 1 rings (SSSR count). The molecular formula is C6H11NO4. The van der Waals surface area contributed by atoms with E-state index < -0.39 is 18.4 Å². The molecule has 0 amide bonds. The topological polar surface area (TPSA) is 68.1 Å². The average Bonchev–Trinajstić information content (AvgIpc) is 2.04. The highest BCUT2D eigenvalue weighted by molar-refractivity contribution is 4.78. The lowest BCUT2D eigenvalue weighted by Gasteiger charge is -2.28. The van der Waals surface area contributed by atoms with Crippen molar-refractivity contribution in [3.05, 3.63) is 4.91 Å². The van der Waals surface area contributed by atoms with Gasteiger partial charge in [0.1, 0.15) is 6.04 Å². The molecule has 11 heavy (non-hydrogen) atoms. The van der Waals surface area contributed by atoms with Crippen molar-refractivity contribution in [2.45, 2.75) is 24.9 Å². The first-order valence-corrected chi connectivity index (χ1v) is 3.43. The standard InChI is InChI=1S/C6H11NO4/c1-10-6-5(7-9)2-4(8)3-11-6/h4-6,8H,2-3H2,1H3. The number of ether oxygens (including phenoxy) is 2. The van der Waals surface area contributed by atoms with Gasteiger partial charge in [-0.2, -0.15) is 4.91 Å². The van der Waals surface area contributed by atoms with Gasteiger partial charge >= 0.3 is 0 Å². The maximum atomic E-state index is 10.2. The average molecular weight is 161 g/mol. The van der Waals surface area contributed by atoms with Crippen LogP contribution in [0, 0.1) is 4.91 Å². The Hall–Kier alpha value is -0.520. The Kier molecular flexibility index (Phi) is 2.92. The van der Waals surface area contributed by atoms with Crippen LogP contribution in [0.15, 0.2) is 5.18 Å². The van der Waals surface area contributed by atoms with E-state index in [1.807, 2.05) is 0 Å². The van der Waals surface area contributed by atoms with E-state index in [0.717, 1.165) is 0 Å². The molecule has 1 N–H and O–H groups in total. The molecule has 1 aliphatic rings. The molecule has 1 heterocycles. The summed E-state index contributed by atoms with van der Waals surface area (Å²) < 4.78 is 9.79. The SMILES string of the molecule is COC1OCC(O)CC1N=O. The largest absolute Gasteiger partial charge is 0.391 e. The Labute approximate surface area is 64.3 Å². The summed E-state index contributed by atoms with van der Waals surface area (Å²) in [6.45, 7) is 0.213. The highest BCUT2D eigenvalue weighted by atomic mass is 16.7.